The predicted molar refractivity (Wildman–Crippen MR) is 72.7 cm³/mol. The molecule has 19 heavy (non-hydrogen) atoms. The minimum Gasteiger partial charge on any atom is -0.454 e. The molecule has 1 aromatic rings. The zero-order chi connectivity index (χ0) is 13.3. The summed E-state index contributed by atoms with van der Waals surface area (Å²) in [5.74, 6) is 1.33. The van der Waals surface area contributed by atoms with E-state index < -0.39 is 0 Å². The van der Waals surface area contributed by atoms with E-state index in [1.807, 2.05) is 12.1 Å². The molecule has 2 N–H and O–H groups in total. The van der Waals surface area contributed by atoms with Gasteiger partial charge in [0.2, 0.25) is 6.79 Å². The van der Waals surface area contributed by atoms with Gasteiger partial charge in [-0.15, -0.1) is 0 Å². The molecular formula is C14H18ClNO3. The number of fused-ring (bicyclic) bond motifs is 1. The van der Waals surface area contributed by atoms with Gasteiger partial charge in [-0.3, -0.25) is 0 Å². The van der Waals surface area contributed by atoms with E-state index >= 15 is 0 Å². The van der Waals surface area contributed by atoms with E-state index in [1.165, 1.54) is 12.8 Å². The van der Waals surface area contributed by atoms with Gasteiger partial charge in [-0.2, -0.15) is 0 Å². The Hall–Kier alpha value is -0.970. The maximum Gasteiger partial charge on any atom is 0.231 e. The van der Waals surface area contributed by atoms with Crippen molar-refractivity contribution in [2.75, 3.05) is 13.4 Å². The summed E-state index contributed by atoms with van der Waals surface area (Å²) in [7, 11) is 0. The summed E-state index contributed by atoms with van der Waals surface area (Å²) in [4.78, 5) is 0. The van der Waals surface area contributed by atoms with Crippen LogP contribution in [0.4, 0.5) is 0 Å². The van der Waals surface area contributed by atoms with Crippen LogP contribution in [-0.4, -0.2) is 24.0 Å². The van der Waals surface area contributed by atoms with Gasteiger partial charge >= 0.3 is 0 Å². The third kappa shape index (κ3) is 2.53. The number of rotatable bonds is 4. The van der Waals surface area contributed by atoms with Gasteiger partial charge in [0.1, 0.15) is 0 Å². The minimum atomic E-state index is -0.122. The summed E-state index contributed by atoms with van der Waals surface area (Å²) in [6, 6.07) is 3.84. The van der Waals surface area contributed by atoms with E-state index in [2.05, 4.69) is 5.32 Å². The summed E-state index contributed by atoms with van der Waals surface area (Å²) in [6.45, 7) is 1.09. The van der Waals surface area contributed by atoms with Gasteiger partial charge in [0.25, 0.3) is 0 Å². The molecule has 0 aromatic heterocycles. The normalized spacial score (nSPS) is 19.9. The molecule has 1 aromatic carbocycles. The maximum absolute atomic E-state index is 9.57. The standard InChI is InChI=1S/C14H18ClNO3/c15-11-5-10(6-12-13(11)19-9-18-12)7-16-14(8-17)3-1-2-4-14/h5-6,16-17H,1-4,7-9H2. The fourth-order valence-electron chi connectivity index (χ4n) is 2.85. The molecule has 5 heteroatoms. The first-order valence-electron chi connectivity index (χ1n) is 6.66. The lowest BCUT2D eigenvalue weighted by molar-refractivity contribution is 0.163. The second kappa shape index (κ2) is 5.19. The lowest BCUT2D eigenvalue weighted by Crippen LogP contribution is -2.45. The lowest BCUT2D eigenvalue weighted by Gasteiger charge is -2.28. The van der Waals surface area contributed by atoms with Crippen LogP contribution in [0.25, 0.3) is 0 Å². The molecular weight excluding hydrogens is 266 g/mol. The molecule has 1 fully saturated rings. The highest BCUT2D eigenvalue weighted by Crippen LogP contribution is 2.40. The second-order valence-electron chi connectivity index (χ2n) is 5.31. The first-order valence-corrected chi connectivity index (χ1v) is 7.04. The van der Waals surface area contributed by atoms with E-state index in [0.717, 1.165) is 18.4 Å². The van der Waals surface area contributed by atoms with Crippen molar-refractivity contribution in [1.29, 1.82) is 0 Å². The first-order chi connectivity index (χ1) is 9.22. The van der Waals surface area contributed by atoms with E-state index in [-0.39, 0.29) is 18.9 Å². The van der Waals surface area contributed by atoms with Crippen LogP contribution >= 0.6 is 11.6 Å². The smallest absolute Gasteiger partial charge is 0.231 e. The van der Waals surface area contributed by atoms with Gasteiger partial charge in [-0.1, -0.05) is 24.4 Å². The Morgan fingerprint density at radius 2 is 2.05 bits per heavy atom. The van der Waals surface area contributed by atoms with E-state index in [4.69, 9.17) is 21.1 Å². The molecule has 0 amide bonds. The van der Waals surface area contributed by atoms with Gasteiger partial charge in [0.15, 0.2) is 11.5 Å². The van der Waals surface area contributed by atoms with Crippen LogP contribution in [0.2, 0.25) is 5.02 Å². The Bertz CT molecular complexity index is 472. The quantitative estimate of drug-likeness (QED) is 0.891. The molecule has 1 aliphatic carbocycles. The molecule has 1 saturated carbocycles. The summed E-state index contributed by atoms with van der Waals surface area (Å²) in [5, 5.41) is 13.6. The zero-order valence-electron chi connectivity index (χ0n) is 10.7. The topological polar surface area (TPSA) is 50.7 Å². The van der Waals surface area contributed by atoms with Crippen molar-refractivity contribution in [2.24, 2.45) is 0 Å². The van der Waals surface area contributed by atoms with Crippen molar-refractivity contribution in [1.82, 2.24) is 5.32 Å². The number of nitrogens with one attached hydrogen (secondary N) is 1. The molecule has 0 bridgehead atoms. The lowest BCUT2D eigenvalue weighted by atomic mass is 9.98. The zero-order valence-corrected chi connectivity index (χ0v) is 11.5. The van der Waals surface area contributed by atoms with Crippen LogP contribution in [0.1, 0.15) is 31.2 Å². The molecule has 1 aliphatic heterocycles. The maximum atomic E-state index is 9.57. The highest BCUT2D eigenvalue weighted by Gasteiger charge is 2.32. The van der Waals surface area contributed by atoms with Crippen molar-refractivity contribution in [3.63, 3.8) is 0 Å². The van der Waals surface area contributed by atoms with Crippen molar-refractivity contribution in [3.8, 4) is 11.5 Å². The molecule has 0 spiro atoms. The fraction of sp³-hybridized carbons (Fsp3) is 0.571. The molecule has 0 atom stereocenters. The number of halogens is 1. The number of aliphatic hydroxyl groups excluding tert-OH is 1. The van der Waals surface area contributed by atoms with Crippen molar-refractivity contribution in [3.05, 3.63) is 22.7 Å². The van der Waals surface area contributed by atoms with Gasteiger partial charge in [0, 0.05) is 12.1 Å². The van der Waals surface area contributed by atoms with E-state index in [9.17, 15) is 5.11 Å². The average Bonchev–Trinajstić information content (AvgIpc) is 3.06. The Balaban J connectivity index is 1.72. The summed E-state index contributed by atoms with van der Waals surface area (Å²) >= 11 is 6.16. The number of hydrogen-bond donors (Lipinski definition) is 2. The number of ether oxygens (including phenoxy) is 2. The van der Waals surface area contributed by atoms with Gasteiger partial charge in [-0.25, -0.2) is 0 Å². The molecule has 104 valence electrons. The molecule has 0 radical (unpaired) electrons. The number of aliphatic hydroxyl groups is 1. The summed E-state index contributed by atoms with van der Waals surface area (Å²) in [5.41, 5.74) is 0.928. The van der Waals surface area contributed by atoms with Crippen LogP contribution < -0.4 is 14.8 Å². The Kier molecular flexibility index (Phi) is 3.56. The fourth-order valence-corrected chi connectivity index (χ4v) is 3.14. The second-order valence-corrected chi connectivity index (χ2v) is 5.72. The van der Waals surface area contributed by atoms with Crippen LogP contribution in [0.15, 0.2) is 12.1 Å². The van der Waals surface area contributed by atoms with Crippen LogP contribution in [-0.2, 0) is 6.54 Å². The summed E-state index contributed by atoms with van der Waals surface area (Å²) in [6.07, 6.45) is 4.41. The SMILES string of the molecule is OCC1(NCc2cc(Cl)c3c(c2)OCO3)CCCC1. The molecule has 3 rings (SSSR count). The number of benzene rings is 1. The highest BCUT2D eigenvalue weighted by atomic mass is 35.5. The molecule has 4 nitrogen and oxygen atoms in total. The van der Waals surface area contributed by atoms with Crippen LogP contribution in [0, 0.1) is 0 Å². The predicted octanol–water partition coefficient (Wildman–Crippen LogP) is 2.46. The van der Waals surface area contributed by atoms with Gasteiger partial charge < -0.3 is 19.9 Å². The first kappa shape index (κ1) is 13.0. The average molecular weight is 284 g/mol. The molecule has 2 aliphatic rings. The molecule has 0 unspecified atom stereocenters. The Labute approximate surface area is 117 Å². The van der Waals surface area contributed by atoms with Crippen molar-refractivity contribution >= 4 is 11.6 Å². The largest absolute Gasteiger partial charge is 0.454 e. The van der Waals surface area contributed by atoms with Crippen LogP contribution in [0.3, 0.4) is 0 Å². The minimum absolute atomic E-state index is 0.122. The Morgan fingerprint density at radius 3 is 2.79 bits per heavy atom. The summed E-state index contributed by atoms with van der Waals surface area (Å²) < 4.78 is 10.6. The highest BCUT2D eigenvalue weighted by molar-refractivity contribution is 6.32. The van der Waals surface area contributed by atoms with Crippen LogP contribution in [0.5, 0.6) is 11.5 Å². The molecule has 0 saturated heterocycles. The monoisotopic (exact) mass is 283 g/mol. The Morgan fingerprint density at radius 1 is 1.26 bits per heavy atom. The van der Waals surface area contributed by atoms with E-state index in [1.54, 1.807) is 0 Å². The van der Waals surface area contributed by atoms with Crippen molar-refractivity contribution < 1.29 is 14.6 Å². The molecule has 1 heterocycles. The van der Waals surface area contributed by atoms with Gasteiger partial charge in [0.05, 0.1) is 11.6 Å². The third-order valence-corrected chi connectivity index (χ3v) is 4.30. The van der Waals surface area contributed by atoms with Gasteiger partial charge in [-0.05, 0) is 30.5 Å². The number of hydrogen-bond acceptors (Lipinski definition) is 4. The third-order valence-electron chi connectivity index (χ3n) is 4.02. The van der Waals surface area contributed by atoms with E-state index in [0.29, 0.717) is 23.1 Å². The van der Waals surface area contributed by atoms with Crippen molar-refractivity contribution in [2.45, 2.75) is 37.8 Å².